The zero-order valence-corrected chi connectivity index (χ0v) is 23.3. The summed E-state index contributed by atoms with van der Waals surface area (Å²) in [4.78, 5) is 13.7. The van der Waals surface area contributed by atoms with Gasteiger partial charge in [0.05, 0.1) is 22.7 Å². The van der Waals surface area contributed by atoms with Crippen molar-refractivity contribution < 1.29 is 13.2 Å². The molecule has 1 aliphatic heterocycles. The van der Waals surface area contributed by atoms with Crippen LogP contribution in [-0.4, -0.2) is 48.3 Å². The van der Waals surface area contributed by atoms with Crippen molar-refractivity contribution >= 4 is 32.4 Å². The molecule has 0 bridgehead atoms. The van der Waals surface area contributed by atoms with E-state index in [-0.39, 0.29) is 11.8 Å². The fourth-order valence-corrected chi connectivity index (χ4v) is 6.09. The first-order valence-corrected chi connectivity index (χ1v) is 14.9. The van der Waals surface area contributed by atoms with Crippen LogP contribution in [0.25, 0.3) is 22.0 Å². The van der Waals surface area contributed by atoms with Crippen molar-refractivity contribution in [2.24, 2.45) is 5.92 Å². The Hall–Kier alpha value is -3.76. The van der Waals surface area contributed by atoms with Gasteiger partial charge in [-0.3, -0.25) is 4.72 Å². The van der Waals surface area contributed by atoms with Crippen LogP contribution in [0, 0.1) is 12.8 Å². The van der Waals surface area contributed by atoms with Crippen molar-refractivity contribution in [1.82, 2.24) is 20.3 Å². The first-order chi connectivity index (χ1) is 18.8. The van der Waals surface area contributed by atoms with Gasteiger partial charge in [0, 0.05) is 35.8 Å². The van der Waals surface area contributed by atoms with Crippen LogP contribution in [0.3, 0.4) is 0 Å². The number of fused-ring (bicyclic) bond motifs is 1. The first-order valence-electron chi connectivity index (χ1n) is 13.3. The number of piperidine rings is 1. The van der Waals surface area contributed by atoms with Gasteiger partial charge in [-0.2, -0.15) is 0 Å². The number of nitrogens with one attached hydrogen (secondary N) is 3. The van der Waals surface area contributed by atoms with Gasteiger partial charge in [-0.25, -0.2) is 23.4 Å². The predicted octanol–water partition coefficient (Wildman–Crippen LogP) is 5.35. The van der Waals surface area contributed by atoms with Crippen LogP contribution < -0.4 is 20.1 Å². The van der Waals surface area contributed by atoms with E-state index in [1.54, 1.807) is 18.5 Å². The Morgan fingerprint density at radius 3 is 2.72 bits per heavy atom. The van der Waals surface area contributed by atoms with Gasteiger partial charge in [-0.05, 0) is 62.1 Å². The minimum Gasteiger partial charge on any atom is -0.437 e. The largest absolute Gasteiger partial charge is 0.437 e. The second kappa shape index (κ2) is 11.5. The topological polar surface area (TPSA) is 118 Å². The van der Waals surface area contributed by atoms with E-state index in [1.807, 2.05) is 56.3 Å². The number of hydrogen-bond acceptors (Lipinski definition) is 8. The Bertz CT molecular complexity index is 1580. The van der Waals surface area contributed by atoms with Crippen LogP contribution in [-0.2, 0) is 10.0 Å². The molecule has 1 saturated heterocycles. The van der Waals surface area contributed by atoms with Crippen LogP contribution in [0.1, 0.15) is 32.3 Å². The first kappa shape index (κ1) is 26.8. The number of pyridine rings is 1. The van der Waals surface area contributed by atoms with E-state index in [0.717, 1.165) is 41.4 Å². The quantitative estimate of drug-likeness (QED) is 0.257. The lowest BCUT2D eigenvalue weighted by atomic mass is 9.98. The Morgan fingerprint density at radius 1 is 1.03 bits per heavy atom. The fourth-order valence-electron chi connectivity index (χ4n) is 4.94. The van der Waals surface area contributed by atoms with Gasteiger partial charge in [0.25, 0.3) is 0 Å². The summed E-state index contributed by atoms with van der Waals surface area (Å²) in [6.07, 6.45) is 5.00. The molecule has 0 radical (unpaired) electrons. The highest BCUT2D eigenvalue weighted by Gasteiger charge is 2.20. The predicted molar refractivity (Wildman–Crippen MR) is 156 cm³/mol. The molecule has 0 amide bonds. The third-order valence-electron chi connectivity index (χ3n) is 6.75. The molecule has 0 unspecified atom stereocenters. The number of hydrogen-bond donors (Lipinski definition) is 3. The lowest BCUT2D eigenvalue weighted by Crippen LogP contribution is -2.42. The van der Waals surface area contributed by atoms with Gasteiger partial charge in [0.15, 0.2) is 0 Å². The molecule has 5 rings (SSSR count). The molecule has 39 heavy (non-hydrogen) atoms. The van der Waals surface area contributed by atoms with Gasteiger partial charge < -0.3 is 15.4 Å². The van der Waals surface area contributed by atoms with Gasteiger partial charge in [-0.15, -0.1) is 0 Å². The summed E-state index contributed by atoms with van der Waals surface area (Å²) in [5.74, 6) is 2.22. The Labute approximate surface area is 229 Å². The SMILES string of the molecule is CCCS(=O)(=O)Nc1cccc2c(Oc3ncccc3-c3ccnc(N[C@@H]4CNC[C@H](C)C4)n3)c(C)ccc12. The number of benzene rings is 2. The van der Waals surface area contributed by atoms with Crippen molar-refractivity contribution in [2.45, 2.75) is 39.7 Å². The maximum atomic E-state index is 12.5. The molecule has 0 aliphatic carbocycles. The molecule has 1 fully saturated rings. The van der Waals surface area contributed by atoms with Crippen LogP contribution in [0.5, 0.6) is 11.6 Å². The monoisotopic (exact) mass is 546 g/mol. The van der Waals surface area contributed by atoms with E-state index in [4.69, 9.17) is 9.72 Å². The summed E-state index contributed by atoms with van der Waals surface area (Å²) in [6.45, 7) is 7.92. The number of sulfonamides is 1. The number of anilines is 2. The number of rotatable bonds is 9. The number of aromatic nitrogens is 3. The third-order valence-corrected chi connectivity index (χ3v) is 8.23. The Morgan fingerprint density at radius 2 is 1.90 bits per heavy atom. The normalized spacial score (nSPS) is 17.6. The molecule has 0 saturated carbocycles. The Balaban J connectivity index is 1.47. The van der Waals surface area contributed by atoms with E-state index in [2.05, 4.69) is 32.2 Å². The molecular formula is C29H34N6O3S. The van der Waals surface area contributed by atoms with E-state index >= 15 is 0 Å². The van der Waals surface area contributed by atoms with Crippen molar-refractivity contribution in [3.63, 3.8) is 0 Å². The summed E-state index contributed by atoms with van der Waals surface area (Å²) in [6, 6.07) is 15.2. The van der Waals surface area contributed by atoms with Crippen LogP contribution in [0.2, 0.25) is 0 Å². The lowest BCUT2D eigenvalue weighted by Gasteiger charge is -2.28. The third kappa shape index (κ3) is 6.29. The molecule has 204 valence electrons. The minimum absolute atomic E-state index is 0.0575. The zero-order chi connectivity index (χ0) is 27.4. The maximum absolute atomic E-state index is 12.5. The van der Waals surface area contributed by atoms with E-state index < -0.39 is 10.0 Å². The summed E-state index contributed by atoms with van der Waals surface area (Å²) in [7, 11) is -3.45. The standard InChI is InChI=1S/C29H34N6O3S/c1-4-15-39(36,37)35-26-9-5-7-23-22(26)11-10-20(3)27(23)38-28-24(8-6-13-31-28)25-12-14-32-29(34-25)33-21-16-19(2)17-30-18-21/h5-14,19,21,30,35H,4,15-18H2,1-3H3,(H,32,33,34)/t19-,21+/m1/s1. The molecule has 9 nitrogen and oxygen atoms in total. The Kier molecular flexibility index (Phi) is 7.94. The van der Waals surface area contributed by atoms with Gasteiger partial charge in [0.2, 0.25) is 21.9 Å². The maximum Gasteiger partial charge on any atom is 0.232 e. The van der Waals surface area contributed by atoms with Crippen LogP contribution in [0.15, 0.2) is 60.9 Å². The second-order valence-corrected chi connectivity index (χ2v) is 11.9. The van der Waals surface area contributed by atoms with Crippen LogP contribution >= 0.6 is 0 Å². The van der Waals surface area contributed by atoms with Crippen molar-refractivity contribution in [2.75, 3.05) is 28.9 Å². The smallest absolute Gasteiger partial charge is 0.232 e. The lowest BCUT2D eigenvalue weighted by molar-refractivity contribution is 0.377. The molecular weight excluding hydrogens is 512 g/mol. The molecule has 2 aromatic carbocycles. The molecule has 2 aromatic heterocycles. The second-order valence-electron chi connectivity index (χ2n) is 10.1. The summed E-state index contributed by atoms with van der Waals surface area (Å²) in [5.41, 5.74) is 2.84. The van der Waals surface area contributed by atoms with Gasteiger partial charge in [-0.1, -0.05) is 38.1 Å². The highest BCUT2D eigenvalue weighted by molar-refractivity contribution is 7.92. The molecule has 0 spiro atoms. The summed E-state index contributed by atoms with van der Waals surface area (Å²) in [5, 5.41) is 8.43. The molecule has 3 N–H and O–H groups in total. The summed E-state index contributed by atoms with van der Waals surface area (Å²) < 4.78 is 34.2. The van der Waals surface area contributed by atoms with Crippen molar-refractivity contribution in [3.05, 3.63) is 66.5 Å². The van der Waals surface area contributed by atoms with Gasteiger partial charge >= 0.3 is 0 Å². The van der Waals surface area contributed by atoms with Crippen LogP contribution in [0.4, 0.5) is 11.6 Å². The highest BCUT2D eigenvalue weighted by atomic mass is 32.2. The van der Waals surface area contributed by atoms with Crippen molar-refractivity contribution in [3.8, 4) is 22.9 Å². The van der Waals surface area contributed by atoms with E-state index in [1.165, 1.54) is 0 Å². The highest BCUT2D eigenvalue weighted by Crippen LogP contribution is 2.38. The zero-order valence-electron chi connectivity index (χ0n) is 22.4. The molecule has 10 heteroatoms. The van der Waals surface area contributed by atoms with E-state index in [0.29, 0.717) is 41.3 Å². The minimum atomic E-state index is -3.45. The summed E-state index contributed by atoms with van der Waals surface area (Å²) >= 11 is 0. The van der Waals surface area contributed by atoms with Crippen molar-refractivity contribution in [1.29, 1.82) is 0 Å². The number of nitrogens with zero attached hydrogens (tertiary/aromatic N) is 3. The molecule has 3 heterocycles. The fraction of sp³-hybridized carbons (Fsp3) is 0.345. The number of aryl methyl sites for hydroxylation is 1. The average molecular weight is 547 g/mol. The molecule has 4 aromatic rings. The number of ether oxygens (including phenoxy) is 1. The van der Waals surface area contributed by atoms with Gasteiger partial charge in [0.1, 0.15) is 5.75 Å². The molecule has 1 aliphatic rings. The van der Waals surface area contributed by atoms with E-state index in [9.17, 15) is 8.42 Å². The molecule has 2 atom stereocenters. The average Bonchev–Trinajstić information content (AvgIpc) is 2.91.